The number of fused-ring (bicyclic) bond motifs is 3. The molecule has 0 aliphatic rings. The zero-order valence-electron chi connectivity index (χ0n) is 11.9. The minimum absolute atomic E-state index is 0.834. The Bertz CT molecular complexity index is 952. The van der Waals surface area contributed by atoms with Crippen LogP contribution in [-0.2, 0) is 0 Å². The summed E-state index contributed by atoms with van der Waals surface area (Å²) in [5.74, 6) is 0. The Hall–Kier alpha value is -2.68. The first-order valence-electron chi connectivity index (χ1n) is 6.92. The van der Waals surface area contributed by atoms with Crippen molar-refractivity contribution in [1.29, 1.82) is 0 Å². The van der Waals surface area contributed by atoms with Gasteiger partial charge < -0.3 is 4.42 Å². The smallest absolute Gasteiger partial charge is 0.160 e. The molecule has 0 unspecified atom stereocenters. The molecule has 3 heterocycles. The number of nitrogens with zero attached hydrogens (tertiary/aromatic N) is 2. The molecular formula is C18H14N2O. The maximum Gasteiger partial charge on any atom is 0.160 e. The van der Waals surface area contributed by atoms with Gasteiger partial charge in [-0.25, -0.2) is 0 Å². The van der Waals surface area contributed by atoms with Crippen LogP contribution in [0.15, 0.2) is 53.4 Å². The highest BCUT2D eigenvalue weighted by molar-refractivity contribution is 6.09. The first-order chi connectivity index (χ1) is 10.2. The van der Waals surface area contributed by atoms with Crippen LogP contribution in [-0.4, -0.2) is 9.97 Å². The maximum atomic E-state index is 5.60. The van der Waals surface area contributed by atoms with Crippen LogP contribution in [0.25, 0.3) is 33.1 Å². The standard InChI is InChI=1S/C18H14N2O/c1-11-3-4-16(19-9-11)14-8-13-5-6-21-18(13)17-15(14)7-12(2)10-20-17/h3-10H,1-2H3. The molecule has 0 fully saturated rings. The summed E-state index contributed by atoms with van der Waals surface area (Å²) in [5, 5.41) is 2.13. The summed E-state index contributed by atoms with van der Waals surface area (Å²) in [6.45, 7) is 4.09. The van der Waals surface area contributed by atoms with Gasteiger partial charge in [-0.15, -0.1) is 0 Å². The average molecular weight is 274 g/mol. The Morgan fingerprint density at radius 3 is 2.57 bits per heavy atom. The topological polar surface area (TPSA) is 38.9 Å². The molecule has 0 aliphatic carbocycles. The Labute approximate surface area is 122 Å². The maximum absolute atomic E-state index is 5.60. The van der Waals surface area contributed by atoms with E-state index < -0.39 is 0 Å². The van der Waals surface area contributed by atoms with Gasteiger partial charge in [0.2, 0.25) is 0 Å². The summed E-state index contributed by atoms with van der Waals surface area (Å²) < 4.78 is 5.60. The lowest BCUT2D eigenvalue weighted by molar-refractivity contribution is 0.618. The van der Waals surface area contributed by atoms with Crippen molar-refractivity contribution in [3.63, 3.8) is 0 Å². The fourth-order valence-electron chi connectivity index (χ4n) is 2.65. The molecule has 102 valence electrons. The van der Waals surface area contributed by atoms with Gasteiger partial charge in [0.1, 0.15) is 5.52 Å². The van der Waals surface area contributed by atoms with Gasteiger partial charge in [-0.05, 0) is 49.2 Å². The van der Waals surface area contributed by atoms with Crippen LogP contribution < -0.4 is 0 Å². The van der Waals surface area contributed by atoms with Gasteiger partial charge in [-0.2, -0.15) is 0 Å². The largest absolute Gasteiger partial charge is 0.462 e. The summed E-state index contributed by atoms with van der Waals surface area (Å²) in [6.07, 6.45) is 5.47. The van der Waals surface area contributed by atoms with E-state index in [2.05, 4.69) is 34.2 Å². The first kappa shape index (κ1) is 12.1. The van der Waals surface area contributed by atoms with Gasteiger partial charge in [0.15, 0.2) is 5.58 Å². The van der Waals surface area contributed by atoms with E-state index in [1.165, 1.54) is 0 Å². The van der Waals surface area contributed by atoms with Crippen LogP contribution in [0, 0.1) is 13.8 Å². The van der Waals surface area contributed by atoms with E-state index in [1.54, 1.807) is 6.26 Å². The Balaban J connectivity index is 2.14. The zero-order chi connectivity index (χ0) is 14.4. The second-order valence-electron chi connectivity index (χ2n) is 5.39. The van der Waals surface area contributed by atoms with Crippen molar-refractivity contribution < 1.29 is 4.42 Å². The molecule has 0 radical (unpaired) electrons. The molecule has 4 aromatic rings. The van der Waals surface area contributed by atoms with Crippen LogP contribution in [0.2, 0.25) is 0 Å². The number of furan rings is 1. The fourth-order valence-corrected chi connectivity index (χ4v) is 2.65. The molecule has 3 aromatic heterocycles. The SMILES string of the molecule is Cc1ccc(-c2cc3ccoc3c3ncc(C)cc23)nc1. The highest BCUT2D eigenvalue weighted by atomic mass is 16.3. The second-order valence-corrected chi connectivity index (χ2v) is 5.39. The van der Waals surface area contributed by atoms with Crippen molar-refractivity contribution in [2.24, 2.45) is 0 Å². The fraction of sp³-hybridized carbons (Fsp3) is 0.111. The van der Waals surface area contributed by atoms with E-state index in [1.807, 2.05) is 32.3 Å². The number of hydrogen-bond acceptors (Lipinski definition) is 3. The van der Waals surface area contributed by atoms with Crippen molar-refractivity contribution >= 4 is 21.9 Å². The molecular weight excluding hydrogens is 260 g/mol. The number of aryl methyl sites for hydroxylation is 2. The average Bonchev–Trinajstić information content (AvgIpc) is 2.95. The molecule has 21 heavy (non-hydrogen) atoms. The summed E-state index contributed by atoms with van der Waals surface area (Å²) in [6, 6.07) is 10.4. The number of hydrogen-bond donors (Lipinski definition) is 0. The van der Waals surface area contributed by atoms with Gasteiger partial charge in [-0.3, -0.25) is 9.97 Å². The molecule has 1 aromatic carbocycles. The van der Waals surface area contributed by atoms with Crippen molar-refractivity contribution in [2.45, 2.75) is 13.8 Å². The van der Waals surface area contributed by atoms with Gasteiger partial charge in [0, 0.05) is 28.7 Å². The van der Waals surface area contributed by atoms with Crippen LogP contribution in [0.4, 0.5) is 0 Å². The van der Waals surface area contributed by atoms with Crippen molar-refractivity contribution in [3.05, 3.63) is 60.1 Å². The van der Waals surface area contributed by atoms with Gasteiger partial charge in [-0.1, -0.05) is 6.07 Å². The molecule has 0 amide bonds. The van der Waals surface area contributed by atoms with E-state index in [0.717, 1.165) is 44.3 Å². The van der Waals surface area contributed by atoms with E-state index in [0.29, 0.717) is 0 Å². The van der Waals surface area contributed by atoms with Crippen LogP contribution in [0.1, 0.15) is 11.1 Å². The molecule has 0 saturated carbocycles. The number of rotatable bonds is 1. The van der Waals surface area contributed by atoms with Crippen molar-refractivity contribution in [1.82, 2.24) is 9.97 Å². The third-order valence-electron chi connectivity index (χ3n) is 3.71. The summed E-state index contributed by atoms with van der Waals surface area (Å²) in [4.78, 5) is 9.12. The van der Waals surface area contributed by atoms with E-state index >= 15 is 0 Å². The zero-order valence-corrected chi connectivity index (χ0v) is 11.9. The van der Waals surface area contributed by atoms with Crippen LogP contribution >= 0.6 is 0 Å². The van der Waals surface area contributed by atoms with Gasteiger partial charge in [0.25, 0.3) is 0 Å². The van der Waals surface area contributed by atoms with Gasteiger partial charge >= 0.3 is 0 Å². The predicted molar refractivity (Wildman–Crippen MR) is 84.2 cm³/mol. The molecule has 3 heteroatoms. The summed E-state index contributed by atoms with van der Waals surface area (Å²) in [7, 11) is 0. The Morgan fingerprint density at radius 2 is 1.76 bits per heavy atom. The van der Waals surface area contributed by atoms with Crippen molar-refractivity contribution in [3.8, 4) is 11.3 Å². The molecule has 0 aliphatic heterocycles. The predicted octanol–water partition coefficient (Wildman–Crippen LogP) is 4.66. The van der Waals surface area contributed by atoms with E-state index in [9.17, 15) is 0 Å². The second kappa shape index (κ2) is 4.42. The lowest BCUT2D eigenvalue weighted by atomic mass is 10.0. The number of pyridine rings is 2. The molecule has 0 bridgehead atoms. The highest BCUT2D eigenvalue weighted by Crippen LogP contribution is 2.33. The molecule has 0 saturated heterocycles. The van der Waals surface area contributed by atoms with Crippen LogP contribution in [0.3, 0.4) is 0 Å². The molecule has 0 N–H and O–H groups in total. The minimum Gasteiger partial charge on any atom is -0.462 e. The molecule has 4 rings (SSSR count). The number of aromatic nitrogens is 2. The summed E-state index contributed by atoms with van der Waals surface area (Å²) in [5.41, 5.74) is 6.06. The number of benzene rings is 1. The highest BCUT2D eigenvalue weighted by Gasteiger charge is 2.12. The lowest BCUT2D eigenvalue weighted by Gasteiger charge is -2.08. The van der Waals surface area contributed by atoms with Gasteiger partial charge in [0.05, 0.1) is 12.0 Å². The Kier molecular flexibility index (Phi) is 2.54. The van der Waals surface area contributed by atoms with Crippen molar-refractivity contribution in [2.75, 3.05) is 0 Å². The van der Waals surface area contributed by atoms with E-state index in [4.69, 9.17) is 4.42 Å². The van der Waals surface area contributed by atoms with E-state index in [-0.39, 0.29) is 0 Å². The quantitative estimate of drug-likeness (QED) is 0.506. The lowest BCUT2D eigenvalue weighted by Crippen LogP contribution is -1.89. The monoisotopic (exact) mass is 274 g/mol. The third kappa shape index (κ3) is 1.89. The minimum atomic E-state index is 0.834. The third-order valence-corrected chi connectivity index (χ3v) is 3.71. The normalized spacial score (nSPS) is 11.3. The molecule has 0 atom stereocenters. The van der Waals surface area contributed by atoms with Crippen LogP contribution in [0.5, 0.6) is 0 Å². The first-order valence-corrected chi connectivity index (χ1v) is 6.92. The molecule has 0 spiro atoms. The summed E-state index contributed by atoms with van der Waals surface area (Å²) >= 11 is 0. The Morgan fingerprint density at radius 1 is 0.905 bits per heavy atom. The molecule has 3 nitrogen and oxygen atoms in total.